The Morgan fingerprint density at radius 1 is 1.25 bits per heavy atom. The van der Waals surface area contributed by atoms with Gasteiger partial charge in [-0.25, -0.2) is 9.78 Å². The molecule has 122 valence electrons. The van der Waals surface area contributed by atoms with Crippen LogP contribution in [0, 0.1) is 6.92 Å². The molecule has 0 aliphatic rings. The third-order valence-corrected chi connectivity index (χ3v) is 4.33. The Morgan fingerprint density at radius 2 is 1.92 bits per heavy atom. The summed E-state index contributed by atoms with van der Waals surface area (Å²) in [6.07, 6.45) is 0. The molecule has 0 aliphatic carbocycles. The van der Waals surface area contributed by atoms with Crippen LogP contribution in [-0.4, -0.2) is 21.3 Å². The first-order valence-corrected chi connectivity index (χ1v) is 7.87. The first-order chi connectivity index (χ1) is 11.5. The number of amides is 1. The Labute approximate surface area is 140 Å². The van der Waals surface area contributed by atoms with Crippen LogP contribution in [0.2, 0.25) is 0 Å². The highest BCUT2D eigenvalue weighted by atomic mass is 32.1. The molecule has 0 saturated heterocycles. The quantitative estimate of drug-likeness (QED) is 0.723. The Hall–Kier alpha value is -3.00. The molecule has 0 atom stereocenters. The van der Waals surface area contributed by atoms with Crippen LogP contribution in [0.15, 0.2) is 40.5 Å². The van der Waals surface area contributed by atoms with Crippen LogP contribution < -0.4 is 11.3 Å². The molecule has 2 aromatic heterocycles. The summed E-state index contributed by atoms with van der Waals surface area (Å²) in [5.41, 5.74) is 6.71. The van der Waals surface area contributed by atoms with Crippen molar-refractivity contribution in [2.24, 2.45) is 5.73 Å². The highest BCUT2D eigenvalue weighted by Gasteiger charge is 2.11. The normalized spacial score (nSPS) is 10.7. The van der Waals surface area contributed by atoms with E-state index >= 15 is 0 Å². The maximum Gasteiger partial charge on any atom is 0.338 e. The smallest absolute Gasteiger partial charge is 0.338 e. The second-order valence-corrected chi connectivity index (χ2v) is 5.94. The number of benzene rings is 1. The number of primary amides is 1. The summed E-state index contributed by atoms with van der Waals surface area (Å²) >= 11 is 1.34. The topological polar surface area (TPSA) is 104 Å². The van der Waals surface area contributed by atoms with E-state index in [9.17, 15) is 14.4 Å². The van der Waals surface area contributed by atoms with Crippen molar-refractivity contribution >= 4 is 28.2 Å². The van der Waals surface area contributed by atoms with Crippen molar-refractivity contribution < 1.29 is 14.3 Å². The molecule has 8 heteroatoms. The molecular weight excluding hydrogens is 330 g/mol. The van der Waals surface area contributed by atoms with Gasteiger partial charge in [-0.05, 0) is 31.2 Å². The van der Waals surface area contributed by atoms with Crippen LogP contribution in [0.3, 0.4) is 0 Å². The monoisotopic (exact) mass is 343 g/mol. The molecule has 2 N–H and O–H groups in total. The Bertz CT molecular complexity index is 989. The Balaban J connectivity index is 1.74. The molecule has 3 aromatic rings. The predicted octanol–water partition coefficient (Wildman–Crippen LogP) is 1.52. The molecule has 7 nitrogen and oxygen atoms in total. The van der Waals surface area contributed by atoms with Gasteiger partial charge in [-0.1, -0.05) is 0 Å². The van der Waals surface area contributed by atoms with E-state index in [4.69, 9.17) is 10.5 Å². The maximum absolute atomic E-state index is 12.0. The first-order valence-electron chi connectivity index (χ1n) is 6.99. The van der Waals surface area contributed by atoms with E-state index in [0.717, 1.165) is 5.69 Å². The number of fused-ring (bicyclic) bond motifs is 1. The van der Waals surface area contributed by atoms with Crippen LogP contribution >= 0.6 is 11.3 Å². The number of hydrogen-bond donors (Lipinski definition) is 1. The van der Waals surface area contributed by atoms with E-state index in [1.165, 1.54) is 46.1 Å². The third kappa shape index (κ3) is 3.04. The number of aromatic nitrogens is 2. The summed E-state index contributed by atoms with van der Waals surface area (Å²) in [4.78, 5) is 39.9. The second kappa shape index (κ2) is 6.25. The van der Waals surface area contributed by atoms with Crippen molar-refractivity contribution in [2.45, 2.75) is 13.5 Å². The molecular formula is C16H13N3O4S. The molecule has 0 saturated carbocycles. The van der Waals surface area contributed by atoms with E-state index in [2.05, 4.69) is 4.98 Å². The highest BCUT2D eigenvalue weighted by Crippen LogP contribution is 2.12. The zero-order valence-corrected chi connectivity index (χ0v) is 13.5. The summed E-state index contributed by atoms with van der Waals surface area (Å²) in [6, 6.07) is 7.15. The molecule has 0 spiro atoms. The minimum absolute atomic E-state index is 0.112. The van der Waals surface area contributed by atoms with Gasteiger partial charge in [0.15, 0.2) is 4.96 Å². The van der Waals surface area contributed by atoms with E-state index < -0.39 is 11.9 Å². The van der Waals surface area contributed by atoms with Crippen molar-refractivity contribution in [3.63, 3.8) is 0 Å². The molecule has 0 fully saturated rings. The van der Waals surface area contributed by atoms with Crippen LogP contribution in [-0.2, 0) is 11.3 Å². The SMILES string of the molecule is Cc1csc2nc(COC(=O)c3ccc(C(N)=O)cc3)cc(=O)n12. The van der Waals surface area contributed by atoms with Gasteiger partial charge in [-0.2, -0.15) is 0 Å². The standard InChI is InChI=1S/C16H13N3O4S/c1-9-8-24-16-18-12(6-13(20)19(9)16)7-23-15(22)11-4-2-10(3-5-11)14(17)21/h2-6,8H,7H2,1H3,(H2,17,21). The van der Waals surface area contributed by atoms with Gasteiger partial charge in [-0.3, -0.25) is 14.0 Å². The van der Waals surface area contributed by atoms with Crippen molar-refractivity contribution in [2.75, 3.05) is 0 Å². The molecule has 2 heterocycles. The van der Waals surface area contributed by atoms with Gasteiger partial charge in [0.1, 0.15) is 6.61 Å². The average molecular weight is 343 g/mol. The predicted molar refractivity (Wildman–Crippen MR) is 88.2 cm³/mol. The minimum Gasteiger partial charge on any atom is -0.456 e. The fraction of sp³-hybridized carbons (Fsp3) is 0.125. The zero-order valence-electron chi connectivity index (χ0n) is 12.7. The molecule has 0 unspecified atom stereocenters. The third-order valence-electron chi connectivity index (χ3n) is 3.38. The summed E-state index contributed by atoms with van der Waals surface area (Å²) in [6.45, 7) is 1.71. The number of nitrogens with two attached hydrogens (primary N) is 1. The van der Waals surface area contributed by atoms with Crippen LogP contribution in [0.25, 0.3) is 4.96 Å². The number of esters is 1. The summed E-state index contributed by atoms with van der Waals surface area (Å²) in [7, 11) is 0. The fourth-order valence-corrected chi connectivity index (χ4v) is 3.06. The van der Waals surface area contributed by atoms with Gasteiger partial charge in [0, 0.05) is 22.7 Å². The number of nitrogens with zero attached hydrogens (tertiary/aromatic N) is 2. The number of carbonyl (C=O) groups excluding carboxylic acids is 2. The maximum atomic E-state index is 12.0. The number of rotatable bonds is 4. The van der Waals surface area contributed by atoms with Gasteiger partial charge < -0.3 is 10.5 Å². The minimum atomic E-state index is -0.574. The highest BCUT2D eigenvalue weighted by molar-refractivity contribution is 7.15. The molecule has 0 aliphatic heterocycles. The number of ether oxygens (including phenoxy) is 1. The lowest BCUT2D eigenvalue weighted by Gasteiger charge is -2.05. The van der Waals surface area contributed by atoms with Crippen molar-refractivity contribution in [1.82, 2.24) is 9.38 Å². The first kappa shape index (κ1) is 15.9. The van der Waals surface area contributed by atoms with Gasteiger partial charge in [0.2, 0.25) is 5.91 Å². The molecule has 3 rings (SSSR count). The molecule has 0 bridgehead atoms. The van der Waals surface area contributed by atoms with Crippen LogP contribution in [0.1, 0.15) is 32.1 Å². The lowest BCUT2D eigenvalue weighted by atomic mass is 10.1. The largest absolute Gasteiger partial charge is 0.456 e. The molecule has 1 aromatic carbocycles. The lowest BCUT2D eigenvalue weighted by molar-refractivity contribution is 0.0467. The average Bonchev–Trinajstić information content (AvgIpc) is 2.94. The van der Waals surface area contributed by atoms with Gasteiger partial charge >= 0.3 is 5.97 Å². The van der Waals surface area contributed by atoms with Gasteiger partial charge in [0.05, 0.1) is 11.3 Å². The molecule has 24 heavy (non-hydrogen) atoms. The molecule has 0 radical (unpaired) electrons. The summed E-state index contributed by atoms with van der Waals surface area (Å²) < 4.78 is 6.66. The fourth-order valence-electron chi connectivity index (χ4n) is 2.17. The van der Waals surface area contributed by atoms with Crippen molar-refractivity contribution in [3.8, 4) is 0 Å². The van der Waals surface area contributed by atoms with Crippen molar-refractivity contribution in [1.29, 1.82) is 0 Å². The Morgan fingerprint density at radius 3 is 2.58 bits per heavy atom. The summed E-state index contributed by atoms with van der Waals surface area (Å²) in [5, 5.41) is 1.83. The van der Waals surface area contributed by atoms with Crippen molar-refractivity contribution in [3.05, 3.63) is 68.6 Å². The number of hydrogen-bond acceptors (Lipinski definition) is 6. The van der Waals surface area contributed by atoms with E-state index in [-0.39, 0.29) is 17.7 Å². The molecule has 1 amide bonds. The van der Waals surface area contributed by atoms with Gasteiger partial charge in [0.25, 0.3) is 5.56 Å². The Kier molecular flexibility index (Phi) is 4.13. The number of carbonyl (C=O) groups is 2. The number of thiazole rings is 1. The lowest BCUT2D eigenvalue weighted by Crippen LogP contribution is -2.16. The van der Waals surface area contributed by atoms with E-state index in [1.807, 2.05) is 12.3 Å². The second-order valence-electron chi connectivity index (χ2n) is 5.10. The zero-order chi connectivity index (χ0) is 17.3. The van der Waals surface area contributed by atoms with Crippen LogP contribution in [0.5, 0.6) is 0 Å². The van der Waals surface area contributed by atoms with E-state index in [1.54, 1.807) is 0 Å². The van der Waals surface area contributed by atoms with Crippen LogP contribution in [0.4, 0.5) is 0 Å². The van der Waals surface area contributed by atoms with Gasteiger partial charge in [-0.15, -0.1) is 11.3 Å². The summed E-state index contributed by atoms with van der Waals surface area (Å²) in [5.74, 6) is -1.14. The van der Waals surface area contributed by atoms with E-state index in [0.29, 0.717) is 16.2 Å². The number of aryl methyl sites for hydroxylation is 1.